The molecule has 27 heavy (non-hydrogen) atoms. The summed E-state index contributed by atoms with van der Waals surface area (Å²) in [6, 6.07) is 6.66. The van der Waals surface area contributed by atoms with Gasteiger partial charge in [0, 0.05) is 36.5 Å². The van der Waals surface area contributed by atoms with Crippen molar-refractivity contribution in [3.05, 3.63) is 67.7 Å². The minimum absolute atomic E-state index is 0.00731. The van der Waals surface area contributed by atoms with Crippen molar-refractivity contribution in [3.8, 4) is 0 Å². The molecule has 0 saturated carbocycles. The first-order valence-corrected chi connectivity index (χ1v) is 8.18. The minimum atomic E-state index is -4.77. The zero-order chi connectivity index (χ0) is 20.2. The Hall–Kier alpha value is -2.52. The average molecular weight is 422 g/mol. The molecule has 2 aromatic carbocycles. The molecule has 1 amide bonds. The third-order valence-corrected chi connectivity index (χ3v) is 4.17. The van der Waals surface area contributed by atoms with Crippen LogP contribution in [0.15, 0.2) is 36.4 Å². The fraction of sp³-hybridized carbons (Fsp3) is 0.188. The summed E-state index contributed by atoms with van der Waals surface area (Å²) >= 11 is 11.6. The number of amides is 1. The van der Waals surface area contributed by atoms with Crippen LogP contribution in [0.5, 0.6) is 0 Å². The van der Waals surface area contributed by atoms with Gasteiger partial charge in [-0.15, -0.1) is 0 Å². The van der Waals surface area contributed by atoms with E-state index in [9.17, 15) is 28.1 Å². The zero-order valence-electron chi connectivity index (χ0n) is 13.4. The Morgan fingerprint density at radius 3 is 2.37 bits per heavy atom. The van der Waals surface area contributed by atoms with Gasteiger partial charge in [-0.25, -0.2) is 0 Å². The van der Waals surface area contributed by atoms with Crippen LogP contribution in [-0.2, 0) is 6.18 Å². The van der Waals surface area contributed by atoms with Crippen molar-refractivity contribution >= 4 is 40.5 Å². The van der Waals surface area contributed by atoms with Gasteiger partial charge < -0.3 is 10.6 Å². The molecule has 0 aliphatic carbocycles. The number of nitrogens with one attached hydrogen (secondary N) is 2. The van der Waals surface area contributed by atoms with Crippen molar-refractivity contribution < 1.29 is 22.9 Å². The Balaban J connectivity index is 1.99. The Morgan fingerprint density at radius 1 is 1.07 bits per heavy atom. The lowest BCUT2D eigenvalue weighted by atomic mass is 10.1. The van der Waals surface area contributed by atoms with Crippen molar-refractivity contribution in [1.29, 1.82) is 0 Å². The number of nitro benzene ring substituents is 1. The number of alkyl halides is 3. The smallest absolute Gasteiger partial charge is 0.383 e. The van der Waals surface area contributed by atoms with E-state index in [2.05, 4.69) is 10.6 Å². The van der Waals surface area contributed by atoms with Crippen molar-refractivity contribution in [2.45, 2.75) is 6.18 Å². The van der Waals surface area contributed by atoms with Gasteiger partial charge >= 0.3 is 6.18 Å². The summed E-state index contributed by atoms with van der Waals surface area (Å²) in [7, 11) is 0. The van der Waals surface area contributed by atoms with Crippen LogP contribution < -0.4 is 10.6 Å². The summed E-state index contributed by atoms with van der Waals surface area (Å²) in [5, 5.41) is 16.2. The SMILES string of the molecule is O=C(NCCNc1ccc([N+](=O)[O-])cc1C(F)(F)F)c1ccc(Cl)c(Cl)c1. The van der Waals surface area contributed by atoms with Gasteiger partial charge in [0.25, 0.3) is 11.6 Å². The first kappa shape index (κ1) is 20.8. The van der Waals surface area contributed by atoms with Gasteiger partial charge in [-0.05, 0) is 24.3 Å². The van der Waals surface area contributed by atoms with Gasteiger partial charge in [-0.3, -0.25) is 14.9 Å². The maximum absolute atomic E-state index is 13.1. The van der Waals surface area contributed by atoms with E-state index in [0.717, 1.165) is 12.1 Å². The van der Waals surface area contributed by atoms with Crippen LogP contribution in [-0.4, -0.2) is 23.9 Å². The normalized spacial score (nSPS) is 11.1. The highest BCUT2D eigenvalue weighted by Gasteiger charge is 2.35. The monoisotopic (exact) mass is 421 g/mol. The summed E-state index contributed by atoms with van der Waals surface area (Å²) in [5.41, 5.74) is -1.90. The van der Waals surface area contributed by atoms with Crippen molar-refractivity contribution in [3.63, 3.8) is 0 Å². The van der Waals surface area contributed by atoms with Crippen LogP contribution in [0.3, 0.4) is 0 Å². The number of rotatable bonds is 6. The molecule has 0 heterocycles. The molecule has 0 aliphatic heterocycles. The number of hydrogen-bond acceptors (Lipinski definition) is 4. The van der Waals surface area contributed by atoms with Gasteiger partial charge in [0.05, 0.1) is 20.5 Å². The number of anilines is 1. The molecule has 2 rings (SSSR count). The highest BCUT2D eigenvalue weighted by molar-refractivity contribution is 6.42. The zero-order valence-corrected chi connectivity index (χ0v) is 15.0. The third-order valence-electron chi connectivity index (χ3n) is 3.43. The third kappa shape index (κ3) is 5.48. The molecule has 2 aromatic rings. The van der Waals surface area contributed by atoms with Gasteiger partial charge in [-0.1, -0.05) is 23.2 Å². The summed E-state index contributed by atoms with van der Waals surface area (Å²) in [6.45, 7) is -0.0265. The minimum Gasteiger partial charge on any atom is -0.383 e. The number of benzene rings is 2. The second kappa shape index (κ2) is 8.45. The highest BCUT2D eigenvalue weighted by atomic mass is 35.5. The molecule has 0 radical (unpaired) electrons. The lowest BCUT2D eigenvalue weighted by molar-refractivity contribution is -0.385. The summed E-state index contributed by atoms with van der Waals surface area (Å²) in [6.07, 6.45) is -4.77. The fourth-order valence-corrected chi connectivity index (χ4v) is 2.45. The lowest BCUT2D eigenvalue weighted by Crippen LogP contribution is -2.29. The van der Waals surface area contributed by atoms with E-state index < -0.39 is 28.3 Å². The Labute approximate surface area is 161 Å². The van der Waals surface area contributed by atoms with Crippen LogP contribution >= 0.6 is 23.2 Å². The van der Waals surface area contributed by atoms with Crippen LogP contribution in [0.4, 0.5) is 24.5 Å². The topological polar surface area (TPSA) is 84.3 Å². The van der Waals surface area contributed by atoms with E-state index >= 15 is 0 Å². The molecule has 6 nitrogen and oxygen atoms in total. The first-order chi connectivity index (χ1) is 12.6. The number of nitro groups is 1. The predicted octanol–water partition coefficient (Wildman–Crippen LogP) is 4.76. The quantitative estimate of drug-likeness (QED) is 0.400. The molecule has 2 N–H and O–H groups in total. The molecule has 0 aromatic heterocycles. The van der Waals surface area contributed by atoms with Crippen LogP contribution in [0.25, 0.3) is 0 Å². The van der Waals surface area contributed by atoms with Gasteiger partial charge in [-0.2, -0.15) is 13.2 Å². The van der Waals surface area contributed by atoms with E-state index in [1.165, 1.54) is 18.2 Å². The van der Waals surface area contributed by atoms with E-state index in [1.807, 2.05) is 0 Å². The second-order valence-corrected chi connectivity index (χ2v) is 6.11. The Bertz CT molecular complexity index is 876. The summed E-state index contributed by atoms with van der Waals surface area (Å²) in [4.78, 5) is 21.7. The maximum atomic E-state index is 13.1. The van der Waals surface area contributed by atoms with Gasteiger partial charge in [0.1, 0.15) is 0 Å². The van der Waals surface area contributed by atoms with E-state index in [1.54, 1.807) is 0 Å². The van der Waals surface area contributed by atoms with Crippen LogP contribution in [0.2, 0.25) is 10.0 Å². The number of non-ortho nitro benzene ring substituents is 1. The molecular weight excluding hydrogens is 410 g/mol. The summed E-state index contributed by atoms with van der Waals surface area (Å²) in [5.74, 6) is -0.477. The number of hydrogen-bond donors (Lipinski definition) is 2. The van der Waals surface area contributed by atoms with Crippen molar-refractivity contribution in [2.75, 3.05) is 18.4 Å². The largest absolute Gasteiger partial charge is 0.418 e. The number of carbonyl (C=O) groups excluding carboxylic acids is 1. The van der Waals surface area contributed by atoms with Gasteiger partial charge in [0.15, 0.2) is 0 Å². The standard InChI is InChI=1S/C16H12Cl2F3N3O3/c17-12-3-1-9(7-13(12)18)15(25)23-6-5-22-14-4-2-10(24(26)27)8-11(14)16(19,20)21/h1-4,7-8,22H,5-6H2,(H,23,25). The number of halogens is 5. The number of carbonyl (C=O) groups is 1. The molecule has 144 valence electrons. The highest BCUT2D eigenvalue weighted by Crippen LogP contribution is 2.36. The Kier molecular flexibility index (Phi) is 6.50. The van der Waals surface area contributed by atoms with Crippen LogP contribution in [0, 0.1) is 10.1 Å². The first-order valence-electron chi connectivity index (χ1n) is 7.42. The molecule has 11 heteroatoms. The maximum Gasteiger partial charge on any atom is 0.418 e. The molecule has 0 spiro atoms. The average Bonchev–Trinajstić information content (AvgIpc) is 2.59. The fourth-order valence-electron chi connectivity index (χ4n) is 2.15. The van der Waals surface area contributed by atoms with E-state index in [4.69, 9.17) is 23.2 Å². The molecule has 0 bridgehead atoms. The van der Waals surface area contributed by atoms with Gasteiger partial charge in [0.2, 0.25) is 0 Å². The van der Waals surface area contributed by atoms with Crippen LogP contribution in [0.1, 0.15) is 15.9 Å². The second-order valence-electron chi connectivity index (χ2n) is 5.30. The van der Waals surface area contributed by atoms with E-state index in [0.29, 0.717) is 6.07 Å². The van der Waals surface area contributed by atoms with Crippen molar-refractivity contribution in [2.24, 2.45) is 0 Å². The molecule has 0 aliphatic rings. The Morgan fingerprint density at radius 2 is 1.78 bits per heavy atom. The number of nitrogens with zero attached hydrogens (tertiary/aromatic N) is 1. The predicted molar refractivity (Wildman–Crippen MR) is 95.4 cm³/mol. The molecule has 0 fully saturated rings. The lowest BCUT2D eigenvalue weighted by Gasteiger charge is -2.14. The molecule has 0 unspecified atom stereocenters. The molecular formula is C16H12Cl2F3N3O3. The van der Waals surface area contributed by atoms with E-state index in [-0.39, 0.29) is 34.4 Å². The molecule has 0 saturated heterocycles. The summed E-state index contributed by atoms with van der Waals surface area (Å²) < 4.78 is 39.2. The molecule has 0 atom stereocenters. The van der Waals surface area contributed by atoms with Crippen molar-refractivity contribution in [1.82, 2.24) is 5.32 Å².